The number of hydrogen-bond acceptors (Lipinski definition) is 3. The molecule has 0 aliphatic carbocycles. The molecule has 18 heavy (non-hydrogen) atoms. The zero-order valence-corrected chi connectivity index (χ0v) is 12.2. The van der Waals surface area contributed by atoms with Gasteiger partial charge in [-0.3, -0.25) is 4.90 Å². The van der Waals surface area contributed by atoms with Gasteiger partial charge in [0.1, 0.15) is 5.75 Å². The minimum Gasteiger partial charge on any atom is -0.495 e. The van der Waals surface area contributed by atoms with Crippen LogP contribution in [-0.4, -0.2) is 37.2 Å². The van der Waals surface area contributed by atoms with Gasteiger partial charge in [0.05, 0.1) is 11.6 Å². The number of anilines is 1. The summed E-state index contributed by atoms with van der Waals surface area (Å²) in [6.45, 7) is 2.53. The molecule has 0 bridgehead atoms. The van der Waals surface area contributed by atoms with Crippen LogP contribution in [0.2, 0.25) is 0 Å². The summed E-state index contributed by atoms with van der Waals surface area (Å²) in [6.07, 6.45) is 3.95. The third-order valence-corrected chi connectivity index (χ3v) is 4.76. The molecular formula is C14H19BrN2O. The number of nitrogens with one attached hydrogen (secondary N) is 1. The zero-order chi connectivity index (χ0) is 12.5. The van der Waals surface area contributed by atoms with Crippen molar-refractivity contribution in [3.05, 3.63) is 22.7 Å². The maximum Gasteiger partial charge on any atom is 0.135 e. The maximum atomic E-state index is 5.34. The lowest BCUT2D eigenvalue weighted by Crippen LogP contribution is -2.33. The SMILES string of the molecule is COc1cc(NC2CCN3CCCC23)ccc1Br. The van der Waals surface area contributed by atoms with Crippen molar-refractivity contribution in [1.29, 1.82) is 0 Å². The summed E-state index contributed by atoms with van der Waals surface area (Å²) in [5.41, 5.74) is 1.16. The first-order valence-corrected chi connectivity index (χ1v) is 7.41. The van der Waals surface area contributed by atoms with Gasteiger partial charge in [-0.15, -0.1) is 0 Å². The Labute approximate surface area is 117 Å². The Kier molecular flexibility index (Phi) is 3.48. The van der Waals surface area contributed by atoms with E-state index in [4.69, 9.17) is 4.74 Å². The number of nitrogens with zero attached hydrogens (tertiary/aromatic N) is 1. The van der Waals surface area contributed by atoms with E-state index >= 15 is 0 Å². The first-order chi connectivity index (χ1) is 8.78. The molecule has 0 saturated carbocycles. The molecule has 3 rings (SSSR count). The van der Waals surface area contributed by atoms with Gasteiger partial charge in [-0.2, -0.15) is 0 Å². The summed E-state index contributed by atoms with van der Waals surface area (Å²) in [4.78, 5) is 2.62. The topological polar surface area (TPSA) is 24.5 Å². The minimum atomic E-state index is 0.596. The number of fused-ring (bicyclic) bond motifs is 1. The maximum absolute atomic E-state index is 5.34. The van der Waals surface area contributed by atoms with Gasteiger partial charge in [0.15, 0.2) is 0 Å². The highest BCUT2D eigenvalue weighted by Crippen LogP contribution is 2.32. The quantitative estimate of drug-likeness (QED) is 0.928. The number of hydrogen-bond donors (Lipinski definition) is 1. The second-order valence-corrected chi connectivity index (χ2v) is 5.99. The Morgan fingerprint density at radius 1 is 1.33 bits per heavy atom. The van der Waals surface area contributed by atoms with E-state index in [9.17, 15) is 0 Å². The normalized spacial score (nSPS) is 27.2. The van der Waals surface area contributed by atoms with E-state index < -0.39 is 0 Å². The molecule has 2 fully saturated rings. The second kappa shape index (κ2) is 5.10. The van der Waals surface area contributed by atoms with Crippen molar-refractivity contribution in [1.82, 2.24) is 4.90 Å². The van der Waals surface area contributed by atoms with Crippen molar-refractivity contribution in [2.45, 2.75) is 31.3 Å². The Bertz CT molecular complexity index is 438. The van der Waals surface area contributed by atoms with Gasteiger partial charge >= 0.3 is 0 Å². The van der Waals surface area contributed by atoms with Crippen LogP contribution in [-0.2, 0) is 0 Å². The third kappa shape index (κ3) is 2.24. The van der Waals surface area contributed by atoms with Crippen molar-refractivity contribution in [2.24, 2.45) is 0 Å². The fraction of sp³-hybridized carbons (Fsp3) is 0.571. The lowest BCUT2D eigenvalue weighted by Gasteiger charge is -2.22. The van der Waals surface area contributed by atoms with Crippen molar-refractivity contribution in [2.75, 3.05) is 25.5 Å². The molecule has 0 radical (unpaired) electrons. The molecule has 1 N–H and O–H groups in total. The van der Waals surface area contributed by atoms with E-state index in [1.54, 1.807) is 7.11 Å². The molecule has 0 spiro atoms. The summed E-state index contributed by atoms with van der Waals surface area (Å²) in [5.74, 6) is 0.890. The van der Waals surface area contributed by atoms with Crippen LogP contribution in [0.5, 0.6) is 5.75 Å². The number of ether oxygens (including phenoxy) is 1. The third-order valence-electron chi connectivity index (χ3n) is 4.11. The molecule has 98 valence electrons. The van der Waals surface area contributed by atoms with Gasteiger partial charge in [-0.25, -0.2) is 0 Å². The van der Waals surface area contributed by atoms with E-state index in [2.05, 4.69) is 38.3 Å². The summed E-state index contributed by atoms with van der Waals surface area (Å²) >= 11 is 3.49. The van der Waals surface area contributed by atoms with Gasteiger partial charge in [0.25, 0.3) is 0 Å². The monoisotopic (exact) mass is 310 g/mol. The molecule has 0 aromatic heterocycles. The first kappa shape index (κ1) is 12.3. The van der Waals surface area contributed by atoms with Crippen LogP contribution >= 0.6 is 15.9 Å². The Morgan fingerprint density at radius 2 is 2.22 bits per heavy atom. The van der Waals surface area contributed by atoms with Crippen LogP contribution in [0.25, 0.3) is 0 Å². The second-order valence-electron chi connectivity index (χ2n) is 5.13. The van der Waals surface area contributed by atoms with Crippen LogP contribution in [0.3, 0.4) is 0 Å². The van der Waals surface area contributed by atoms with Gasteiger partial charge < -0.3 is 10.1 Å². The summed E-state index contributed by atoms with van der Waals surface area (Å²) < 4.78 is 6.34. The van der Waals surface area contributed by atoms with Crippen LogP contribution < -0.4 is 10.1 Å². The predicted octanol–water partition coefficient (Wildman–Crippen LogP) is 3.11. The molecule has 2 unspecified atom stereocenters. The van der Waals surface area contributed by atoms with Crippen LogP contribution in [0.1, 0.15) is 19.3 Å². The molecule has 2 heterocycles. The molecule has 1 aromatic rings. The Hall–Kier alpha value is -0.740. The van der Waals surface area contributed by atoms with Crippen LogP contribution in [0.4, 0.5) is 5.69 Å². The van der Waals surface area contributed by atoms with Crippen molar-refractivity contribution in [3.63, 3.8) is 0 Å². The predicted molar refractivity (Wildman–Crippen MR) is 77.3 cm³/mol. The number of benzene rings is 1. The highest BCUT2D eigenvalue weighted by atomic mass is 79.9. The molecule has 2 atom stereocenters. The Balaban J connectivity index is 1.72. The lowest BCUT2D eigenvalue weighted by atomic mass is 10.1. The van der Waals surface area contributed by atoms with E-state index in [1.165, 1.54) is 32.4 Å². The van der Waals surface area contributed by atoms with Crippen molar-refractivity contribution >= 4 is 21.6 Å². The highest BCUT2D eigenvalue weighted by molar-refractivity contribution is 9.10. The number of halogens is 1. The van der Waals surface area contributed by atoms with Gasteiger partial charge in [0.2, 0.25) is 0 Å². The van der Waals surface area contributed by atoms with Gasteiger partial charge in [-0.1, -0.05) is 0 Å². The molecule has 3 nitrogen and oxygen atoms in total. The fourth-order valence-corrected chi connectivity index (χ4v) is 3.62. The van der Waals surface area contributed by atoms with E-state index in [0.717, 1.165) is 22.0 Å². The van der Waals surface area contributed by atoms with Gasteiger partial charge in [0, 0.05) is 30.4 Å². The standard InChI is InChI=1S/C14H19BrN2O/c1-18-14-9-10(4-5-11(14)15)16-12-6-8-17-7-2-3-13(12)17/h4-5,9,12-13,16H,2-3,6-8H2,1H3. The minimum absolute atomic E-state index is 0.596. The number of methoxy groups -OCH3 is 1. The highest BCUT2D eigenvalue weighted by Gasteiger charge is 2.36. The molecule has 0 amide bonds. The average molecular weight is 311 g/mol. The van der Waals surface area contributed by atoms with Crippen LogP contribution in [0, 0.1) is 0 Å². The van der Waals surface area contributed by atoms with E-state index in [1.807, 2.05) is 6.07 Å². The average Bonchev–Trinajstić information content (AvgIpc) is 2.96. The number of rotatable bonds is 3. The van der Waals surface area contributed by atoms with Crippen LogP contribution in [0.15, 0.2) is 22.7 Å². The smallest absolute Gasteiger partial charge is 0.135 e. The summed E-state index contributed by atoms with van der Waals surface area (Å²) in [5, 5.41) is 3.67. The van der Waals surface area contributed by atoms with Gasteiger partial charge in [-0.05, 0) is 53.9 Å². The Morgan fingerprint density at radius 3 is 3.06 bits per heavy atom. The first-order valence-electron chi connectivity index (χ1n) is 6.62. The zero-order valence-electron chi connectivity index (χ0n) is 10.7. The lowest BCUT2D eigenvalue weighted by molar-refractivity contribution is 0.318. The molecular weight excluding hydrogens is 292 g/mol. The summed E-state index contributed by atoms with van der Waals surface area (Å²) in [7, 11) is 1.71. The van der Waals surface area contributed by atoms with E-state index in [0.29, 0.717) is 6.04 Å². The van der Waals surface area contributed by atoms with E-state index in [-0.39, 0.29) is 0 Å². The fourth-order valence-electron chi connectivity index (χ4n) is 3.21. The van der Waals surface area contributed by atoms with Crippen molar-refractivity contribution < 1.29 is 4.74 Å². The molecule has 4 heteroatoms. The molecule has 2 saturated heterocycles. The molecule has 1 aromatic carbocycles. The molecule has 2 aliphatic rings. The summed E-state index contributed by atoms with van der Waals surface area (Å²) in [6, 6.07) is 7.56. The molecule has 2 aliphatic heterocycles. The van der Waals surface area contributed by atoms with Crippen molar-refractivity contribution in [3.8, 4) is 5.75 Å². The largest absolute Gasteiger partial charge is 0.495 e.